The molecule has 3 heterocycles. The Bertz CT molecular complexity index is 961. The first-order valence-corrected chi connectivity index (χ1v) is 11.1. The number of hydrogen-bond acceptors (Lipinski definition) is 4. The second-order valence-corrected chi connectivity index (χ2v) is 8.61. The van der Waals surface area contributed by atoms with Crippen molar-refractivity contribution < 1.29 is 9.59 Å². The summed E-state index contributed by atoms with van der Waals surface area (Å²) in [6.07, 6.45) is 5.40. The molecular weight excluding hydrogens is 394 g/mol. The first-order chi connectivity index (χ1) is 14.7. The van der Waals surface area contributed by atoms with E-state index in [1.54, 1.807) is 23.7 Å². The number of amides is 2. The van der Waals surface area contributed by atoms with Crippen molar-refractivity contribution >= 4 is 23.2 Å². The molecule has 0 radical (unpaired) electrons. The van der Waals surface area contributed by atoms with Crippen molar-refractivity contribution in [2.75, 3.05) is 6.54 Å². The zero-order valence-electron chi connectivity index (χ0n) is 16.7. The largest absolute Gasteiger partial charge is 0.352 e. The van der Waals surface area contributed by atoms with Gasteiger partial charge in [0.15, 0.2) is 0 Å². The number of aromatic nitrogens is 1. The van der Waals surface area contributed by atoms with Crippen LogP contribution in [0, 0.1) is 5.92 Å². The van der Waals surface area contributed by atoms with Crippen molar-refractivity contribution in [2.24, 2.45) is 5.92 Å². The minimum Gasteiger partial charge on any atom is -0.352 e. The first kappa shape index (κ1) is 20.3. The summed E-state index contributed by atoms with van der Waals surface area (Å²) in [5.41, 5.74) is 2.10. The maximum Gasteiger partial charge on any atom is 0.228 e. The molecule has 1 N–H and O–H groups in total. The molecule has 4 rings (SSSR count). The number of thiophene rings is 1. The van der Waals surface area contributed by atoms with Gasteiger partial charge in [0.25, 0.3) is 0 Å². The minimum absolute atomic E-state index is 0.000659. The Labute approximate surface area is 180 Å². The SMILES string of the molecule is O=C(NCc1cccnc1)[C@@H]1CC[C@@H](c2ccccc2)N(C(=O)Cc2cccs2)C1. The molecule has 0 aliphatic carbocycles. The molecule has 0 bridgehead atoms. The highest BCUT2D eigenvalue weighted by Gasteiger charge is 2.35. The molecular formula is C24H25N3O2S. The van der Waals surface area contributed by atoms with Crippen LogP contribution >= 0.6 is 11.3 Å². The van der Waals surface area contributed by atoms with Crippen molar-refractivity contribution in [2.45, 2.75) is 31.8 Å². The molecule has 1 aliphatic heterocycles. The fraction of sp³-hybridized carbons (Fsp3) is 0.292. The van der Waals surface area contributed by atoms with E-state index in [0.29, 0.717) is 19.5 Å². The molecule has 2 amide bonds. The normalized spacial score (nSPS) is 18.7. The maximum absolute atomic E-state index is 13.2. The summed E-state index contributed by atoms with van der Waals surface area (Å²) in [7, 11) is 0. The molecule has 0 spiro atoms. The summed E-state index contributed by atoms with van der Waals surface area (Å²) in [5, 5.41) is 5.00. The average Bonchev–Trinajstić information content (AvgIpc) is 3.31. The summed E-state index contributed by atoms with van der Waals surface area (Å²) in [6.45, 7) is 0.900. The van der Waals surface area contributed by atoms with Gasteiger partial charge in [-0.1, -0.05) is 42.5 Å². The molecule has 1 saturated heterocycles. The molecule has 6 heteroatoms. The van der Waals surface area contributed by atoms with E-state index in [4.69, 9.17) is 0 Å². The second kappa shape index (κ2) is 9.67. The zero-order valence-corrected chi connectivity index (χ0v) is 17.6. The van der Waals surface area contributed by atoms with Gasteiger partial charge >= 0.3 is 0 Å². The Morgan fingerprint density at radius 1 is 1.07 bits per heavy atom. The Balaban J connectivity index is 1.46. The number of carbonyl (C=O) groups is 2. The highest BCUT2D eigenvalue weighted by molar-refractivity contribution is 7.10. The van der Waals surface area contributed by atoms with E-state index in [0.717, 1.165) is 28.8 Å². The molecule has 30 heavy (non-hydrogen) atoms. The van der Waals surface area contributed by atoms with Crippen LogP contribution in [0.25, 0.3) is 0 Å². The van der Waals surface area contributed by atoms with E-state index in [1.807, 2.05) is 52.7 Å². The lowest BCUT2D eigenvalue weighted by Crippen LogP contribution is -2.47. The Morgan fingerprint density at radius 3 is 2.67 bits per heavy atom. The van der Waals surface area contributed by atoms with Crippen LogP contribution in [0.5, 0.6) is 0 Å². The molecule has 1 fully saturated rings. The quantitative estimate of drug-likeness (QED) is 0.657. The Kier molecular flexibility index (Phi) is 6.54. The van der Waals surface area contributed by atoms with E-state index >= 15 is 0 Å². The third-order valence-electron chi connectivity index (χ3n) is 5.55. The van der Waals surface area contributed by atoms with Crippen molar-refractivity contribution in [1.29, 1.82) is 0 Å². The number of carbonyl (C=O) groups excluding carboxylic acids is 2. The molecule has 5 nitrogen and oxygen atoms in total. The average molecular weight is 420 g/mol. The fourth-order valence-corrected chi connectivity index (χ4v) is 4.68. The first-order valence-electron chi connectivity index (χ1n) is 10.2. The molecule has 154 valence electrons. The van der Waals surface area contributed by atoms with Crippen molar-refractivity contribution in [3.8, 4) is 0 Å². The zero-order chi connectivity index (χ0) is 20.8. The predicted octanol–water partition coefficient (Wildman–Crippen LogP) is 3.98. The molecule has 3 aromatic rings. The number of likely N-dealkylation sites (tertiary alicyclic amines) is 1. The van der Waals surface area contributed by atoms with Gasteiger partial charge in [-0.2, -0.15) is 0 Å². The summed E-state index contributed by atoms with van der Waals surface area (Å²) in [5.74, 6) is -0.121. The van der Waals surface area contributed by atoms with E-state index in [9.17, 15) is 9.59 Å². The standard InChI is InChI=1S/C24H25N3O2S/c28-23(14-21-9-5-13-30-21)27-17-20(10-11-22(27)19-7-2-1-3-8-19)24(29)26-16-18-6-4-12-25-15-18/h1-9,12-13,15,20,22H,10-11,14,16-17H2,(H,26,29)/t20-,22+/m1/s1. The van der Waals surface area contributed by atoms with Crippen LogP contribution in [0.15, 0.2) is 72.4 Å². The van der Waals surface area contributed by atoms with Crippen LogP contribution < -0.4 is 5.32 Å². The summed E-state index contributed by atoms with van der Waals surface area (Å²) >= 11 is 1.59. The Morgan fingerprint density at radius 2 is 1.93 bits per heavy atom. The monoisotopic (exact) mass is 419 g/mol. The third kappa shape index (κ3) is 4.94. The van der Waals surface area contributed by atoms with Crippen LogP contribution in [-0.2, 0) is 22.6 Å². The number of pyridine rings is 1. The van der Waals surface area contributed by atoms with E-state index in [1.165, 1.54) is 0 Å². The number of nitrogens with zero attached hydrogens (tertiary/aromatic N) is 2. The van der Waals surface area contributed by atoms with Crippen molar-refractivity contribution in [3.63, 3.8) is 0 Å². The van der Waals surface area contributed by atoms with Crippen LogP contribution in [0.4, 0.5) is 0 Å². The molecule has 0 saturated carbocycles. The van der Waals surface area contributed by atoms with Crippen molar-refractivity contribution in [3.05, 3.63) is 88.4 Å². The summed E-state index contributed by atoms with van der Waals surface area (Å²) in [4.78, 5) is 33.1. The molecule has 2 aromatic heterocycles. The molecule has 2 atom stereocenters. The van der Waals surface area contributed by atoms with Gasteiger partial charge in [-0.15, -0.1) is 11.3 Å². The van der Waals surface area contributed by atoms with Gasteiger partial charge in [-0.3, -0.25) is 14.6 Å². The highest BCUT2D eigenvalue weighted by Crippen LogP contribution is 2.34. The van der Waals surface area contributed by atoms with Gasteiger partial charge in [0, 0.05) is 30.4 Å². The lowest BCUT2D eigenvalue weighted by molar-refractivity contribution is -0.138. The molecule has 0 unspecified atom stereocenters. The minimum atomic E-state index is -0.200. The number of benzene rings is 1. The topological polar surface area (TPSA) is 62.3 Å². The highest BCUT2D eigenvalue weighted by atomic mass is 32.1. The second-order valence-electron chi connectivity index (χ2n) is 7.58. The van der Waals surface area contributed by atoms with Gasteiger partial charge in [0.1, 0.15) is 0 Å². The lowest BCUT2D eigenvalue weighted by Gasteiger charge is -2.39. The van der Waals surface area contributed by atoms with Gasteiger partial charge in [-0.05, 0) is 41.5 Å². The maximum atomic E-state index is 13.2. The van der Waals surface area contributed by atoms with Crippen LogP contribution in [0.1, 0.15) is 34.9 Å². The fourth-order valence-electron chi connectivity index (χ4n) is 3.98. The van der Waals surface area contributed by atoms with E-state index < -0.39 is 0 Å². The van der Waals surface area contributed by atoms with Crippen LogP contribution in [-0.4, -0.2) is 28.2 Å². The van der Waals surface area contributed by atoms with Crippen LogP contribution in [0.2, 0.25) is 0 Å². The van der Waals surface area contributed by atoms with E-state index in [2.05, 4.69) is 22.4 Å². The van der Waals surface area contributed by atoms with Gasteiger partial charge in [0.05, 0.1) is 18.4 Å². The van der Waals surface area contributed by atoms with Gasteiger partial charge in [-0.25, -0.2) is 0 Å². The van der Waals surface area contributed by atoms with Crippen molar-refractivity contribution in [1.82, 2.24) is 15.2 Å². The number of nitrogens with one attached hydrogen (secondary N) is 1. The summed E-state index contributed by atoms with van der Waals surface area (Å²) in [6, 6.07) is 17.9. The predicted molar refractivity (Wildman–Crippen MR) is 118 cm³/mol. The Hall–Kier alpha value is -2.99. The number of hydrogen-bond donors (Lipinski definition) is 1. The molecule has 1 aromatic carbocycles. The smallest absolute Gasteiger partial charge is 0.228 e. The number of piperidine rings is 1. The molecule has 1 aliphatic rings. The number of rotatable bonds is 6. The van der Waals surface area contributed by atoms with Gasteiger partial charge < -0.3 is 10.2 Å². The lowest BCUT2D eigenvalue weighted by atomic mass is 9.88. The van der Waals surface area contributed by atoms with Crippen LogP contribution in [0.3, 0.4) is 0 Å². The van der Waals surface area contributed by atoms with Gasteiger partial charge in [0.2, 0.25) is 11.8 Å². The summed E-state index contributed by atoms with van der Waals surface area (Å²) < 4.78 is 0. The van der Waals surface area contributed by atoms with E-state index in [-0.39, 0.29) is 23.8 Å². The third-order valence-corrected chi connectivity index (χ3v) is 6.43.